The molecule has 2 amide bonds. The van der Waals surface area contributed by atoms with Crippen LogP contribution in [0.15, 0.2) is 48.8 Å². The molecule has 0 bridgehead atoms. The van der Waals surface area contributed by atoms with Gasteiger partial charge < -0.3 is 19.5 Å². The van der Waals surface area contributed by atoms with Crippen LogP contribution in [0.1, 0.15) is 31.2 Å². The van der Waals surface area contributed by atoms with Gasteiger partial charge in [0.05, 0.1) is 18.8 Å². The van der Waals surface area contributed by atoms with Crippen molar-refractivity contribution in [3.8, 4) is 5.00 Å². The summed E-state index contributed by atoms with van der Waals surface area (Å²) in [5.41, 5.74) is 3.12. The van der Waals surface area contributed by atoms with Gasteiger partial charge >= 0.3 is 0 Å². The summed E-state index contributed by atoms with van der Waals surface area (Å²) in [4.78, 5) is 29.3. The number of aromatic nitrogens is 1. The number of benzene rings is 1. The van der Waals surface area contributed by atoms with E-state index in [1.54, 1.807) is 28.4 Å². The van der Waals surface area contributed by atoms with Gasteiger partial charge in [-0.1, -0.05) is 6.07 Å². The number of carbonyl (C=O) groups excluding carboxylic acids is 2. The Morgan fingerprint density at radius 2 is 1.87 bits per heavy atom. The molecule has 6 nitrogen and oxygen atoms in total. The SMILES string of the molecule is O=C(Nc1cccc(C(=O)N2CCOCC2)c1)c1c(-n2cccc2)sc2c1CCSC2. The Morgan fingerprint density at radius 1 is 1.06 bits per heavy atom. The predicted molar refractivity (Wildman–Crippen MR) is 125 cm³/mol. The van der Waals surface area contributed by atoms with Gasteiger partial charge in [-0.2, -0.15) is 11.8 Å². The summed E-state index contributed by atoms with van der Waals surface area (Å²) in [5.74, 6) is 1.82. The van der Waals surface area contributed by atoms with E-state index in [1.807, 2.05) is 53.0 Å². The lowest BCUT2D eigenvalue weighted by molar-refractivity contribution is 0.0303. The second-order valence-electron chi connectivity index (χ2n) is 7.52. The van der Waals surface area contributed by atoms with E-state index < -0.39 is 0 Å². The minimum atomic E-state index is -0.121. The first-order valence-corrected chi connectivity index (χ1v) is 12.3. The summed E-state index contributed by atoms with van der Waals surface area (Å²) in [5, 5.41) is 4.00. The van der Waals surface area contributed by atoms with Gasteiger partial charge in [0.25, 0.3) is 11.8 Å². The summed E-state index contributed by atoms with van der Waals surface area (Å²) in [6, 6.07) is 11.1. The Balaban J connectivity index is 1.42. The van der Waals surface area contributed by atoms with Crippen molar-refractivity contribution in [2.45, 2.75) is 12.2 Å². The number of nitrogens with one attached hydrogen (secondary N) is 1. The number of anilines is 1. The zero-order valence-corrected chi connectivity index (χ0v) is 18.6. The third-order valence-electron chi connectivity index (χ3n) is 5.53. The second-order valence-corrected chi connectivity index (χ2v) is 9.71. The smallest absolute Gasteiger partial charge is 0.258 e. The first-order valence-electron chi connectivity index (χ1n) is 10.3. The highest BCUT2D eigenvalue weighted by Gasteiger charge is 2.27. The van der Waals surface area contributed by atoms with Crippen LogP contribution in [0.2, 0.25) is 0 Å². The first kappa shape index (κ1) is 20.4. The number of amides is 2. The molecule has 2 aliphatic heterocycles. The molecule has 0 unspecified atom stereocenters. The van der Waals surface area contributed by atoms with Crippen LogP contribution in [0.5, 0.6) is 0 Å². The fourth-order valence-corrected chi connectivity index (χ4v) is 6.42. The monoisotopic (exact) mass is 453 g/mol. The normalized spacial score (nSPS) is 16.1. The molecule has 1 N–H and O–H groups in total. The van der Waals surface area contributed by atoms with E-state index in [4.69, 9.17) is 4.74 Å². The van der Waals surface area contributed by atoms with Crippen molar-refractivity contribution in [2.75, 3.05) is 37.4 Å². The summed E-state index contributed by atoms with van der Waals surface area (Å²) in [6.45, 7) is 2.31. The third-order valence-corrected chi connectivity index (χ3v) is 7.95. The molecule has 160 valence electrons. The topological polar surface area (TPSA) is 63.6 Å². The fourth-order valence-electron chi connectivity index (χ4n) is 3.98. The molecule has 0 radical (unpaired) electrons. The largest absolute Gasteiger partial charge is 0.378 e. The lowest BCUT2D eigenvalue weighted by Gasteiger charge is -2.27. The van der Waals surface area contributed by atoms with Crippen molar-refractivity contribution in [1.29, 1.82) is 0 Å². The van der Waals surface area contributed by atoms with Crippen molar-refractivity contribution in [3.63, 3.8) is 0 Å². The van der Waals surface area contributed by atoms with Crippen LogP contribution < -0.4 is 5.32 Å². The van der Waals surface area contributed by atoms with Crippen LogP contribution in [0.25, 0.3) is 5.00 Å². The van der Waals surface area contributed by atoms with E-state index in [-0.39, 0.29) is 11.8 Å². The van der Waals surface area contributed by atoms with Crippen LogP contribution >= 0.6 is 23.1 Å². The Bertz CT molecular complexity index is 1100. The zero-order chi connectivity index (χ0) is 21.2. The molecule has 4 heterocycles. The van der Waals surface area contributed by atoms with Gasteiger partial charge in [0.15, 0.2) is 0 Å². The molecule has 0 spiro atoms. The molecule has 8 heteroatoms. The molecule has 1 saturated heterocycles. The summed E-state index contributed by atoms with van der Waals surface area (Å²) < 4.78 is 7.35. The van der Waals surface area contributed by atoms with Crippen LogP contribution in [0.3, 0.4) is 0 Å². The van der Waals surface area contributed by atoms with Gasteiger partial charge in [-0.25, -0.2) is 0 Å². The average Bonchev–Trinajstić information content (AvgIpc) is 3.47. The van der Waals surface area contributed by atoms with E-state index in [0.717, 1.165) is 34.1 Å². The number of thioether (sulfide) groups is 1. The number of hydrogen-bond acceptors (Lipinski definition) is 5. The summed E-state index contributed by atoms with van der Waals surface area (Å²) in [7, 11) is 0. The molecule has 5 rings (SSSR count). The number of carbonyl (C=O) groups is 2. The molecule has 1 fully saturated rings. The van der Waals surface area contributed by atoms with E-state index >= 15 is 0 Å². The zero-order valence-electron chi connectivity index (χ0n) is 17.0. The van der Waals surface area contributed by atoms with Crippen molar-refractivity contribution in [3.05, 3.63) is 70.4 Å². The quantitative estimate of drug-likeness (QED) is 0.647. The molecule has 0 atom stereocenters. The molecule has 2 aromatic heterocycles. The van der Waals surface area contributed by atoms with Gasteiger partial charge in [0, 0.05) is 47.4 Å². The highest BCUT2D eigenvalue weighted by Crippen LogP contribution is 2.38. The fraction of sp³-hybridized carbons (Fsp3) is 0.304. The highest BCUT2D eigenvalue weighted by atomic mass is 32.2. The van der Waals surface area contributed by atoms with Crippen LogP contribution in [0, 0.1) is 0 Å². The molecule has 2 aliphatic rings. The molecular weight excluding hydrogens is 430 g/mol. The standard InChI is InChI=1S/C23H23N3O3S2/c27-21(20-18-6-13-30-15-19(18)31-23(20)26-7-1-2-8-26)24-17-5-3-4-16(14-17)22(28)25-9-11-29-12-10-25/h1-5,7-8,14H,6,9-13,15H2,(H,24,27). The molecule has 0 saturated carbocycles. The van der Waals surface area contributed by atoms with Crippen LogP contribution in [0.4, 0.5) is 5.69 Å². The summed E-state index contributed by atoms with van der Waals surface area (Å²) >= 11 is 3.60. The summed E-state index contributed by atoms with van der Waals surface area (Å²) in [6.07, 6.45) is 4.85. The lowest BCUT2D eigenvalue weighted by atomic mass is 10.1. The number of ether oxygens (including phenoxy) is 1. The Hall–Kier alpha value is -2.55. The number of hydrogen-bond donors (Lipinski definition) is 1. The van der Waals surface area contributed by atoms with Crippen molar-refractivity contribution in [1.82, 2.24) is 9.47 Å². The number of fused-ring (bicyclic) bond motifs is 1. The van der Waals surface area contributed by atoms with E-state index in [2.05, 4.69) is 5.32 Å². The van der Waals surface area contributed by atoms with Gasteiger partial charge in [-0.05, 0) is 48.1 Å². The first-order chi connectivity index (χ1) is 15.2. The number of thiophene rings is 1. The predicted octanol–water partition coefficient (Wildman–Crippen LogP) is 4.05. The van der Waals surface area contributed by atoms with Crippen molar-refractivity contribution in [2.24, 2.45) is 0 Å². The maximum Gasteiger partial charge on any atom is 0.258 e. The molecule has 1 aromatic carbocycles. The Morgan fingerprint density at radius 3 is 2.68 bits per heavy atom. The molecule has 0 aliphatic carbocycles. The van der Waals surface area contributed by atoms with Gasteiger partial charge in [0.1, 0.15) is 5.00 Å². The second kappa shape index (κ2) is 8.90. The average molecular weight is 454 g/mol. The van der Waals surface area contributed by atoms with Crippen LogP contribution in [-0.4, -0.2) is 53.3 Å². The minimum Gasteiger partial charge on any atom is -0.378 e. The number of morpholine rings is 1. The maximum absolute atomic E-state index is 13.4. The van der Waals surface area contributed by atoms with Crippen LogP contribution in [-0.2, 0) is 16.9 Å². The van der Waals surface area contributed by atoms with Crippen molar-refractivity contribution >= 4 is 40.6 Å². The van der Waals surface area contributed by atoms with E-state index in [9.17, 15) is 9.59 Å². The van der Waals surface area contributed by atoms with Gasteiger partial charge in [0.2, 0.25) is 0 Å². The third kappa shape index (κ3) is 4.15. The number of nitrogens with zero attached hydrogens (tertiary/aromatic N) is 2. The Labute approximate surface area is 189 Å². The highest BCUT2D eigenvalue weighted by molar-refractivity contribution is 7.98. The minimum absolute atomic E-state index is 0.0302. The number of rotatable bonds is 4. The van der Waals surface area contributed by atoms with E-state index in [0.29, 0.717) is 37.6 Å². The van der Waals surface area contributed by atoms with E-state index in [1.165, 1.54) is 4.88 Å². The molecule has 31 heavy (non-hydrogen) atoms. The van der Waals surface area contributed by atoms with Gasteiger partial charge in [-0.3, -0.25) is 9.59 Å². The van der Waals surface area contributed by atoms with Gasteiger partial charge in [-0.15, -0.1) is 11.3 Å². The molecule has 3 aromatic rings. The lowest BCUT2D eigenvalue weighted by Crippen LogP contribution is -2.40. The van der Waals surface area contributed by atoms with Crippen molar-refractivity contribution < 1.29 is 14.3 Å². The molecular formula is C23H23N3O3S2. The Kier molecular flexibility index (Phi) is 5.85. The maximum atomic E-state index is 13.4.